The van der Waals surface area contributed by atoms with Crippen LogP contribution in [0.5, 0.6) is 0 Å². The summed E-state index contributed by atoms with van der Waals surface area (Å²) >= 11 is 3.99. The van der Waals surface area contributed by atoms with Crippen LogP contribution in [0.15, 0.2) is 0 Å². The van der Waals surface area contributed by atoms with Gasteiger partial charge in [-0.1, -0.05) is 0 Å². The first-order valence-corrected chi connectivity index (χ1v) is 5.21. The minimum atomic E-state index is -0.213. The molecule has 1 rings (SSSR count). The minimum Gasteiger partial charge on any atom is -0.374 e. The second-order valence-electron chi connectivity index (χ2n) is 3.94. The SMILES string of the molecule is CC1(C)CN(C(=O)CS)CCCO1. The third-order valence-electron chi connectivity index (χ3n) is 2.12. The molecular formula is C9H17NO2S. The summed E-state index contributed by atoms with van der Waals surface area (Å²) in [6.45, 7) is 6.23. The topological polar surface area (TPSA) is 29.5 Å². The Morgan fingerprint density at radius 1 is 1.62 bits per heavy atom. The molecule has 0 unspecified atom stereocenters. The van der Waals surface area contributed by atoms with E-state index < -0.39 is 0 Å². The van der Waals surface area contributed by atoms with Crippen molar-refractivity contribution < 1.29 is 9.53 Å². The molecule has 1 saturated heterocycles. The Bertz CT molecular complexity index is 194. The normalized spacial score (nSPS) is 22.5. The number of ether oxygens (including phenoxy) is 1. The molecule has 0 atom stereocenters. The number of nitrogens with zero attached hydrogens (tertiary/aromatic N) is 1. The molecule has 3 nitrogen and oxygen atoms in total. The van der Waals surface area contributed by atoms with Crippen LogP contribution in [0.3, 0.4) is 0 Å². The molecule has 1 heterocycles. The Morgan fingerprint density at radius 2 is 2.31 bits per heavy atom. The highest BCUT2D eigenvalue weighted by molar-refractivity contribution is 7.81. The van der Waals surface area contributed by atoms with Crippen molar-refractivity contribution in [2.75, 3.05) is 25.4 Å². The summed E-state index contributed by atoms with van der Waals surface area (Å²) in [5.74, 6) is 0.387. The quantitative estimate of drug-likeness (QED) is 0.643. The Labute approximate surface area is 84.8 Å². The van der Waals surface area contributed by atoms with E-state index in [2.05, 4.69) is 12.6 Å². The van der Waals surface area contributed by atoms with Gasteiger partial charge in [0.2, 0.25) is 5.91 Å². The fraction of sp³-hybridized carbons (Fsp3) is 0.889. The van der Waals surface area contributed by atoms with Gasteiger partial charge in [-0.05, 0) is 20.3 Å². The lowest BCUT2D eigenvalue weighted by Gasteiger charge is -2.28. The van der Waals surface area contributed by atoms with E-state index in [1.54, 1.807) is 0 Å². The number of carbonyl (C=O) groups excluding carboxylic acids is 1. The number of thiol groups is 1. The van der Waals surface area contributed by atoms with Gasteiger partial charge in [0.15, 0.2) is 0 Å². The summed E-state index contributed by atoms with van der Waals surface area (Å²) in [7, 11) is 0. The zero-order valence-electron chi connectivity index (χ0n) is 8.25. The Morgan fingerprint density at radius 3 is 2.92 bits per heavy atom. The molecule has 0 N–H and O–H groups in total. The highest BCUT2D eigenvalue weighted by atomic mass is 32.1. The predicted molar refractivity (Wildman–Crippen MR) is 55.1 cm³/mol. The van der Waals surface area contributed by atoms with Gasteiger partial charge in [-0.15, -0.1) is 0 Å². The average Bonchev–Trinajstić information content (AvgIpc) is 2.25. The van der Waals surface area contributed by atoms with E-state index in [1.807, 2.05) is 18.7 Å². The van der Waals surface area contributed by atoms with Crippen LogP contribution >= 0.6 is 12.6 Å². The lowest BCUT2D eigenvalue weighted by molar-refractivity contribution is -0.130. The van der Waals surface area contributed by atoms with Crippen molar-refractivity contribution in [3.8, 4) is 0 Å². The largest absolute Gasteiger partial charge is 0.374 e. The van der Waals surface area contributed by atoms with Crippen LogP contribution in [-0.4, -0.2) is 41.9 Å². The van der Waals surface area contributed by atoms with Gasteiger partial charge < -0.3 is 9.64 Å². The number of hydrogen-bond donors (Lipinski definition) is 1. The average molecular weight is 203 g/mol. The van der Waals surface area contributed by atoms with E-state index in [-0.39, 0.29) is 17.3 Å². The monoisotopic (exact) mass is 203 g/mol. The van der Waals surface area contributed by atoms with Gasteiger partial charge in [-0.3, -0.25) is 4.79 Å². The van der Waals surface area contributed by atoms with Gasteiger partial charge in [0.05, 0.1) is 11.4 Å². The summed E-state index contributed by atoms with van der Waals surface area (Å²) in [5, 5.41) is 0. The molecule has 1 aliphatic rings. The maximum Gasteiger partial charge on any atom is 0.232 e. The third-order valence-corrected chi connectivity index (χ3v) is 2.40. The van der Waals surface area contributed by atoms with E-state index in [0.29, 0.717) is 6.54 Å². The van der Waals surface area contributed by atoms with Gasteiger partial charge in [0, 0.05) is 19.7 Å². The van der Waals surface area contributed by atoms with E-state index in [9.17, 15) is 4.79 Å². The van der Waals surface area contributed by atoms with Crippen LogP contribution in [0, 0.1) is 0 Å². The first-order valence-electron chi connectivity index (χ1n) is 4.58. The number of carbonyl (C=O) groups is 1. The predicted octanol–water partition coefficient (Wildman–Crippen LogP) is 0.944. The van der Waals surface area contributed by atoms with Crippen LogP contribution in [0.25, 0.3) is 0 Å². The number of hydrogen-bond acceptors (Lipinski definition) is 3. The first-order chi connectivity index (χ1) is 6.05. The number of rotatable bonds is 1. The van der Waals surface area contributed by atoms with Crippen molar-refractivity contribution in [1.82, 2.24) is 4.90 Å². The van der Waals surface area contributed by atoms with E-state index in [1.165, 1.54) is 0 Å². The Balaban J connectivity index is 2.59. The van der Waals surface area contributed by atoms with Gasteiger partial charge in [-0.25, -0.2) is 0 Å². The Kier molecular flexibility index (Phi) is 3.62. The summed E-state index contributed by atoms with van der Waals surface area (Å²) in [4.78, 5) is 13.2. The zero-order valence-corrected chi connectivity index (χ0v) is 9.14. The molecule has 13 heavy (non-hydrogen) atoms. The van der Waals surface area contributed by atoms with Crippen LogP contribution < -0.4 is 0 Å². The van der Waals surface area contributed by atoms with Crippen LogP contribution in [0.2, 0.25) is 0 Å². The molecule has 0 spiro atoms. The first kappa shape index (κ1) is 10.9. The number of amides is 1. The van der Waals surface area contributed by atoms with Crippen molar-refractivity contribution in [3.05, 3.63) is 0 Å². The van der Waals surface area contributed by atoms with E-state index in [4.69, 9.17) is 4.74 Å². The molecule has 0 aromatic heterocycles. The summed E-state index contributed by atoms with van der Waals surface area (Å²) < 4.78 is 5.60. The van der Waals surface area contributed by atoms with Gasteiger partial charge in [0.1, 0.15) is 0 Å². The van der Waals surface area contributed by atoms with Crippen LogP contribution in [0.1, 0.15) is 20.3 Å². The van der Waals surface area contributed by atoms with Crippen molar-refractivity contribution in [2.24, 2.45) is 0 Å². The summed E-state index contributed by atoms with van der Waals surface area (Å²) in [5.41, 5.74) is -0.213. The summed E-state index contributed by atoms with van der Waals surface area (Å²) in [6, 6.07) is 0. The third kappa shape index (κ3) is 3.19. The Hall–Kier alpha value is -0.220. The molecular weight excluding hydrogens is 186 g/mol. The lowest BCUT2D eigenvalue weighted by Crippen LogP contribution is -2.42. The molecule has 0 aromatic carbocycles. The lowest BCUT2D eigenvalue weighted by atomic mass is 10.1. The fourth-order valence-electron chi connectivity index (χ4n) is 1.50. The standard InChI is InChI=1S/C9H17NO2S/c1-9(2)7-10(8(11)6-13)4-3-5-12-9/h13H,3-7H2,1-2H3. The second-order valence-corrected chi connectivity index (χ2v) is 4.25. The van der Waals surface area contributed by atoms with Gasteiger partial charge >= 0.3 is 0 Å². The maximum atomic E-state index is 11.4. The molecule has 0 aromatic rings. The molecule has 0 aliphatic carbocycles. The van der Waals surface area contributed by atoms with E-state index in [0.717, 1.165) is 19.6 Å². The second kappa shape index (κ2) is 4.33. The maximum absolute atomic E-state index is 11.4. The zero-order chi connectivity index (χ0) is 9.90. The van der Waals surface area contributed by atoms with Crippen molar-refractivity contribution in [2.45, 2.75) is 25.9 Å². The molecule has 4 heteroatoms. The molecule has 1 amide bonds. The molecule has 0 radical (unpaired) electrons. The molecule has 76 valence electrons. The molecule has 0 bridgehead atoms. The van der Waals surface area contributed by atoms with Gasteiger partial charge in [-0.2, -0.15) is 12.6 Å². The van der Waals surface area contributed by atoms with E-state index >= 15 is 0 Å². The molecule has 1 aliphatic heterocycles. The van der Waals surface area contributed by atoms with Crippen molar-refractivity contribution in [1.29, 1.82) is 0 Å². The van der Waals surface area contributed by atoms with Crippen molar-refractivity contribution in [3.63, 3.8) is 0 Å². The highest BCUT2D eigenvalue weighted by Gasteiger charge is 2.27. The van der Waals surface area contributed by atoms with Crippen molar-refractivity contribution >= 4 is 18.5 Å². The summed E-state index contributed by atoms with van der Waals surface area (Å²) in [6.07, 6.45) is 0.920. The van der Waals surface area contributed by atoms with Gasteiger partial charge in [0.25, 0.3) is 0 Å². The molecule has 0 saturated carbocycles. The highest BCUT2D eigenvalue weighted by Crippen LogP contribution is 2.16. The minimum absolute atomic E-state index is 0.0990. The smallest absolute Gasteiger partial charge is 0.232 e. The van der Waals surface area contributed by atoms with Crippen LogP contribution in [0.4, 0.5) is 0 Å². The fourth-order valence-corrected chi connectivity index (χ4v) is 1.70. The van der Waals surface area contributed by atoms with Crippen LogP contribution in [-0.2, 0) is 9.53 Å². The molecule has 1 fully saturated rings.